The molecular formula is C15H28O3. The monoisotopic (exact) mass is 256 g/mol. The van der Waals surface area contributed by atoms with Gasteiger partial charge in [-0.05, 0) is 26.7 Å². The van der Waals surface area contributed by atoms with Crippen molar-refractivity contribution in [1.82, 2.24) is 0 Å². The molecule has 0 rings (SSSR count). The van der Waals surface area contributed by atoms with Crippen LogP contribution >= 0.6 is 0 Å². The lowest BCUT2D eigenvalue weighted by atomic mass is 9.88. The molecule has 18 heavy (non-hydrogen) atoms. The summed E-state index contributed by atoms with van der Waals surface area (Å²) >= 11 is 0. The molecule has 0 spiro atoms. The molecule has 0 fully saturated rings. The first-order valence-corrected chi connectivity index (χ1v) is 6.99. The second-order valence-electron chi connectivity index (χ2n) is 5.09. The Balaban J connectivity index is 4.75. The Morgan fingerprint density at radius 2 is 1.94 bits per heavy atom. The van der Waals surface area contributed by atoms with Crippen LogP contribution in [-0.2, 0) is 9.53 Å². The van der Waals surface area contributed by atoms with Crippen LogP contribution < -0.4 is 0 Å². The number of carbonyl (C=O) groups excluding carboxylic acids is 1. The van der Waals surface area contributed by atoms with Crippen LogP contribution in [-0.4, -0.2) is 16.9 Å². The molecule has 0 saturated heterocycles. The summed E-state index contributed by atoms with van der Waals surface area (Å²) in [5.74, 6) is -1.77. The van der Waals surface area contributed by atoms with Crippen LogP contribution in [0.5, 0.6) is 0 Å². The van der Waals surface area contributed by atoms with Gasteiger partial charge in [0.05, 0.1) is 0 Å². The highest BCUT2D eigenvalue weighted by molar-refractivity contribution is 5.82. The van der Waals surface area contributed by atoms with Crippen LogP contribution in [0.2, 0.25) is 0 Å². The zero-order valence-electron chi connectivity index (χ0n) is 12.5. The summed E-state index contributed by atoms with van der Waals surface area (Å²) in [6.45, 7) is 9.66. The number of hydrogen-bond donors (Lipinski definition) is 1. The fraction of sp³-hybridized carbons (Fsp3) is 0.800. The van der Waals surface area contributed by atoms with E-state index in [-0.39, 0.29) is 5.92 Å². The number of rotatable bonds is 8. The maximum atomic E-state index is 11.7. The highest BCUT2D eigenvalue weighted by Crippen LogP contribution is 2.30. The van der Waals surface area contributed by atoms with Crippen molar-refractivity contribution in [3.8, 4) is 0 Å². The number of carbonyl (C=O) groups is 1. The molecule has 3 nitrogen and oxygen atoms in total. The van der Waals surface area contributed by atoms with Crippen molar-refractivity contribution in [1.29, 1.82) is 0 Å². The first kappa shape index (κ1) is 17.2. The molecule has 0 bridgehead atoms. The lowest BCUT2D eigenvalue weighted by molar-refractivity contribution is -0.230. The Bertz CT molecular complexity index is 279. The second-order valence-corrected chi connectivity index (χ2v) is 5.09. The van der Waals surface area contributed by atoms with Crippen molar-refractivity contribution in [2.75, 3.05) is 0 Å². The van der Waals surface area contributed by atoms with Crippen LogP contribution in [0.25, 0.3) is 0 Å². The molecule has 0 saturated carbocycles. The summed E-state index contributed by atoms with van der Waals surface area (Å²) in [6.07, 6.45) is 5.68. The van der Waals surface area contributed by atoms with Gasteiger partial charge in [0.25, 0.3) is 0 Å². The van der Waals surface area contributed by atoms with Crippen LogP contribution in [0.3, 0.4) is 0 Å². The molecular weight excluding hydrogens is 228 g/mol. The third-order valence-corrected chi connectivity index (χ3v) is 3.23. The molecule has 3 heteroatoms. The van der Waals surface area contributed by atoms with Gasteiger partial charge >= 0.3 is 5.97 Å². The van der Waals surface area contributed by atoms with Gasteiger partial charge in [0.15, 0.2) is 0 Å². The van der Waals surface area contributed by atoms with Crippen LogP contribution in [0, 0.1) is 5.92 Å². The normalized spacial score (nSPS) is 15.7. The maximum absolute atomic E-state index is 11.7. The van der Waals surface area contributed by atoms with Gasteiger partial charge in [-0.1, -0.05) is 39.2 Å². The number of ether oxygens (including phenoxy) is 1. The van der Waals surface area contributed by atoms with Gasteiger partial charge in [0, 0.05) is 18.4 Å². The Morgan fingerprint density at radius 1 is 1.33 bits per heavy atom. The lowest BCUT2D eigenvalue weighted by Gasteiger charge is -2.34. The maximum Gasteiger partial charge on any atom is 0.333 e. The number of unbranched alkanes of at least 4 members (excludes halogenated alkanes) is 1. The second kappa shape index (κ2) is 8.30. The summed E-state index contributed by atoms with van der Waals surface area (Å²) < 4.78 is 5.29. The fourth-order valence-corrected chi connectivity index (χ4v) is 2.08. The number of aliphatic hydroxyl groups is 1. The van der Waals surface area contributed by atoms with E-state index >= 15 is 0 Å². The molecule has 0 heterocycles. The first-order chi connectivity index (χ1) is 8.39. The SMILES string of the molecule is CCCCC(CC)C(O)(CC)OC(=O)C=C(C)C. The summed E-state index contributed by atoms with van der Waals surface area (Å²) in [5.41, 5.74) is 0.875. The van der Waals surface area contributed by atoms with Crippen LogP contribution in [0.15, 0.2) is 11.6 Å². The average Bonchev–Trinajstić information content (AvgIpc) is 2.28. The van der Waals surface area contributed by atoms with E-state index in [1.807, 2.05) is 27.7 Å². The predicted octanol–water partition coefficient (Wildman–Crippen LogP) is 3.81. The summed E-state index contributed by atoms with van der Waals surface area (Å²) in [5, 5.41) is 10.5. The van der Waals surface area contributed by atoms with Gasteiger partial charge in [0.1, 0.15) is 0 Å². The molecule has 2 unspecified atom stereocenters. The Hall–Kier alpha value is -0.830. The largest absolute Gasteiger partial charge is 0.430 e. The Labute approximate surface area is 111 Å². The number of esters is 1. The summed E-state index contributed by atoms with van der Waals surface area (Å²) in [4.78, 5) is 11.7. The summed E-state index contributed by atoms with van der Waals surface area (Å²) in [7, 11) is 0. The topological polar surface area (TPSA) is 46.5 Å². The number of hydrogen-bond acceptors (Lipinski definition) is 3. The smallest absolute Gasteiger partial charge is 0.333 e. The van der Waals surface area contributed by atoms with E-state index in [1.165, 1.54) is 6.08 Å². The molecule has 1 N–H and O–H groups in total. The van der Waals surface area contributed by atoms with Gasteiger partial charge in [-0.3, -0.25) is 0 Å². The third kappa shape index (κ3) is 5.67. The average molecular weight is 256 g/mol. The summed E-state index contributed by atoms with van der Waals surface area (Å²) in [6, 6.07) is 0. The van der Waals surface area contributed by atoms with Gasteiger partial charge < -0.3 is 9.84 Å². The van der Waals surface area contributed by atoms with E-state index in [4.69, 9.17) is 4.74 Å². The zero-order valence-corrected chi connectivity index (χ0v) is 12.5. The van der Waals surface area contributed by atoms with E-state index < -0.39 is 11.8 Å². The van der Waals surface area contributed by atoms with E-state index in [1.54, 1.807) is 0 Å². The highest BCUT2D eigenvalue weighted by atomic mass is 16.7. The molecule has 0 radical (unpaired) electrons. The molecule has 0 aromatic heterocycles. The van der Waals surface area contributed by atoms with Crippen LogP contribution in [0.4, 0.5) is 0 Å². The van der Waals surface area contributed by atoms with E-state index in [9.17, 15) is 9.90 Å². The standard InChI is InChI=1S/C15H28O3/c1-6-9-10-13(7-2)15(17,8-3)18-14(16)11-12(4)5/h11,13,17H,6-10H2,1-5H3. The van der Waals surface area contributed by atoms with Gasteiger partial charge in [0.2, 0.25) is 5.79 Å². The zero-order chi connectivity index (χ0) is 14.2. The Morgan fingerprint density at radius 3 is 2.33 bits per heavy atom. The minimum absolute atomic E-state index is 0.0111. The predicted molar refractivity (Wildman–Crippen MR) is 74.1 cm³/mol. The molecule has 0 aliphatic heterocycles. The molecule has 0 aromatic rings. The van der Waals surface area contributed by atoms with E-state index in [0.29, 0.717) is 6.42 Å². The van der Waals surface area contributed by atoms with Crippen molar-refractivity contribution in [3.63, 3.8) is 0 Å². The van der Waals surface area contributed by atoms with Crippen molar-refractivity contribution >= 4 is 5.97 Å². The van der Waals surface area contributed by atoms with Crippen molar-refractivity contribution in [2.24, 2.45) is 5.92 Å². The van der Waals surface area contributed by atoms with Gasteiger partial charge in [-0.25, -0.2) is 4.79 Å². The minimum Gasteiger partial charge on any atom is -0.430 e. The lowest BCUT2D eigenvalue weighted by Crippen LogP contribution is -2.41. The van der Waals surface area contributed by atoms with E-state index in [0.717, 1.165) is 31.3 Å². The fourth-order valence-electron chi connectivity index (χ4n) is 2.08. The third-order valence-electron chi connectivity index (χ3n) is 3.23. The molecule has 2 atom stereocenters. The first-order valence-electron chi connectivity index (χ1n) is 6.99. The van der Waals surface area contributed by atoms with Gasteiger partial charge in [-0.2, -0.15) is 0 Å². The molecule has 0 aliphatic rings. The van der Waals surface area contributed by atoms with Crippen LogP contribution in [0.1, 0.15) is 66.7 Å². The van der Waals surface area contributed by atoms with Crippen molar-refractivity contribution < 1.29 is 14.6 Å². The molecule has 0 aliphatic carbocycles. The molecule has 106 valence electrons. The molecule has 0 aromatic carbocycles. The van der Waals surface area contributed by atoms with Crippen molar-refractivity contribution in [2.45, 2.75) is 72.5 Å². The Kier molecular flexibility index (Phi) is 7.92. The number of allylic oxidation sites excluding steroid dienone is 1. The van der Waals surface area contributed by atoms with Crippen molar-refractivity contribution in [3.05, 3.63) is 11.6 Å². The van der Waals surface area contributed by atoms with Gasteiger partial charge in [-0.15, -0.1) is 0 Å². The quantitative estimate of drug-likeness (QED) is 0.408. The highest BCUT2D eigenvalue weighted by Gasteiger charge is 2.37. The van der Waals surface area contributed by atoms with E-state index in [2.05, 4.69) is 6.92 Å². The molecule has 0 amide bonds. The minimum atomic E-state index is -1.33.